The highest BCUT2D eigenvalue weighted by molar-refractivity contribution is 5.33. The van der Waals surface area contributed by atoms with Crippen LogP contribution in [0.4, 0.5) is 0 Å². The molecule has 1 saturated carbocycles. The molecule has 1 saturated heterocycles. The van der Waals surface area contributed by atoms with Crippen LogP contribution in [0.1, 0.15) is 37.7 Å². The Morgan fingerprint density at radius 2 is 2.20 bits per heavy atom. The van der Waals surface area contributed by atoms with E-state index in [0.717, 1.165) is 30.8 Å². The Kier molecular flexibility index (Phi) is 3.99. The van der Waals surface area contributed by atoms with E-state index in [-0.39, 0.29) is 11.7 Å². The largest absolute Gasteiger partial charge is 0.496 e. The minimum absolute atomic E-state index is 0.102. The molecule has 0 radical (unpaired) electrons. The van der Waals surface area contributed by atoms with Crippen LogP contribution in [-0.4, -0.2) is 30.5 Å². The molecule has 1 aromatic rings. The molecule has 1 aliphatic carbocycles. The first-order valence-electron chi connectivity index (χ1n) is 7.66. The molecule has 2 fully saturated rings. The summed E-state index contributed by atoms with van der Waals surface area (Å²) in [4.78, 5) is 0. The summed E-state index contributed by atoms with van der Waals surface area (Å²) in [6, 6.07) is 7.97. The molecule has 1 aliphatic heterocycles. The maximum atomic E-state index is 10.6. The Labute approximate surface area is 120 Å². The van der Waals surface area contributed by atoms with E-state index >= 15 is 0 Å². The summed E-state index contributed by atoms with van der Waals surface area (Å²) >= 11 is 0. The number of para-hydroxylation sites is 1. The normalized spacial score (nSPS) is 26.0. The van der Waals surface area contributed by atoms with E-state index < -0.39 is 0 Å². The van der Waals surface area contributed by atoms with Gasteiger partial charge in [-0.25, -0.2) is 0 Å². The number of aliphatic hydroxyl groups excluding tert-OH is 1. The number of ether oxygens (including phenoxy) is 2. The molecule has 2 atom stereocenters. The number of hydrogen-bond acceptors (Lipinski definition) is 3. The summed E-state index contributed by atoms with van der Waals surface area (Å²) in [5.74, 6) is 1.23. The standard InChI is InChI=1S/C17H24O3/c1-19-16-6-3-2-5-13(16)11-15(18)14-7-10-20-17(12-14)8-4-9-17/h2-3,5-6,14-15,18H,4,7-12H2,1H3. The van der Waals surface area contributed by atoms with Gasteiger partial charge in [0.25, 0.3) is 0 Å². The number of benzene rings is 1. The van der Waals surface area contributed by atoms with Gasteiger partial charge in [-0.2, -0.15) is 0 Å². The van der Waals surface area contributed by atoms with Crippen molar-refractivity contribution in [2.75, 3.05) is 13.7 Å². The third-order valence-electron chi connectivity index (χ3n) is 4.96. The second-order valence-corrected chi connectivity index (χ2v) is 6.22. The zero-order chi connectivity index (χ0) is 14.0. The summed E-state index contributed by atoms with van der Waals surface area (Å²) in [5, 5.41) is 10.6. The lowest BCUT2D eigenvalue weighted by Crippen LogP contribution is -2.48. The van der Waals surface area contributed by atoms with Crippen molar-refractivity contribution in [2.24, 2.45) is 5.92 Å². The fraction of sp³-hybridized carbons (Fsp3) is 0.647. The predicted octanol–water partition coefficient (Wildman–Crippen LogP) is 2.95. The molecular formula is C17H24O3. The first-order valence-corrected chi connectivity index (χ1v) is 7.66. The molecule has 0 bridgehead atoms. The summed E-state index contributed by atoms with van der Waals surface area (Å²) in [7, 11) is 1.68. The average Bonchev–Trinajstić information content (AvgIpc) is 2.46. The van der Waals surface area contributed by atoms with Crippen molar-refractivity contribution in [3.8, 4) is 5.75 Å². The van der Waals surface area contributed by atoms with Crippen molar-refractivity contribution >= 4 is 0 Å². The van der Waals surface area contributed by atoms with Crippen molar-refractivity contribution in [3.05, 3.63) is 29.8 Å². The van der Waals surface area contributed by atoms with Crippen molar-refractivity contribution in [1.29, 1.82) is 0 Å². The highest BCUT2D eigenvalue weighted by Crippen LogP contribution is 2.45. The second-order valence-electron chi connectivity index (χ2n) is 6.22. The van der Waals surface area contributed by atoms with Crippen molar-refractivity contribution in [2.45, 2.75) is 50.2 Å². The van der Waals surface area contributed by atoms with E-state index in [2.05, 4.69) is 0 Å². The Morgan fingerprint density at radius 3 is 2.90 bits per heavy atom. The van der Waals surface area contributed by atoms with E-state index in [0.29, 0.717) is 12.3 Å². The van der Waals surface area contributed by atoms with Crippen LogP contribution in [0.15, 0.2) is 24.3 Å². The van der Waals surface area contributed by atoms with E-state index in [1.54, 1.807) is 7.11 Å². The SMILES string of the molecule is COc1ccccc1CC(O)C1CCOC2(CCC2)C1. The molecule has 3 rings (SSSR count). The third kappa shape index (κ3) is 2.70. The lowest BCUT2D eigenvalue weighted by molar-refractivity contribution is -0.156. The van der Waals surface area contributed by atoms with E-state index in [1.165, 1.54) is 19.3 Å². The number of rotatable bonds is 4. The van der Waals surface area contributed by atoms with Crippen molar-refractivity contribution in [3.63, 3.8) is 0 Å². The van der Waals surface area contributed by atoms with Crippen LogP contribution in [0.3, 0.4) is 0 Å². The Bertz CT molecular complexity index is 453. The quantitative estimate of drug-likeness (QED) is 0.919. The molecule has 1 N–H and O–H groups in total. The van der Waals surface area contributed by atoms with Crippen molar-refractivity contribution in [1.82, 2.24) is 0 Å². The molecule has 3 nitrogen and oxygen atoms in total. The van der Waals surface area contributed by atoms with Crippen LogP contribution in [0.25, 0.3) is 0 Å². The smallest absolute Gasteiger partial charge is 0.122 e. The topological polar surface area (TPSA) is 38.7 Å². The molecule has 0 amide bonds. The van der Waals surface area contributed by atoms with Crippen LogP contribution in [0, 0.1) is 5.92 Å². The number of methoxy groups -OCH3 is 1. The van der Waals surface area contributed by atoms with Gasteiger partial charge in [0.1, 0.15) is 5.75 Å². The van der Waals surface area contributed by atoms with Crippen LogP contribution in [-0.2, 0) is 11.2 Å². The van der Waals surface area contributed by atoms with Gasteiger partial charge in [-0.15, -0.1) is 0 Å². The van der Waals surface area contributed by atoms with E-state index in [9.17, 15) is 5.11 Å². The highest BCUT2D eigenvalue weighted by atomic mass is 16.5. The Morgan fingerprint density at radius 1 is 1.40 bits per heavy atom. The van der Waals surface area contributed by atoms with Gasteiger partial charge in [0.2, 0.25) is 0 Å². The van der Waals surface area contributed by atoms with Gasteiger partial charge >= 0.3 is 0 Å². The lowest BCUT2D eigenvalue weighted by atomic mass is 9.70. The van der Waals surface area contributed by atoms with Crippen LogP contribution >= 0.6 is 0 Å². The van der Waals surface area contributed by atoms with Crippen LogP contribution < -0.4 is 4.74 Å². The minimum atomic E-state index is -0.298. The summed E-state index contributed by atoms with van der Waals surface area (Å²) < 4.78 is 11.3. The lowest BCUT2D eigenvalue weighted by Gasteiger charge is -2.48. The van der Waals surface area contributed by atoms with Gasteiger partial charge in [-0.3, -0.25) is 0 Å². The van der Waals surface area contributed by atoms with Gasteiger partial charge in [0, 0.05) is 13.0 Å². The van der Waals surface area contributed by atoms with E-state index in [4.69, 9.17) is 9.47 Å². The Hall–Kier alpha value is -1.06. The van der Waals surface area contributed by atoms with Gasteiger partial charge in [-0.05, 0) is 49.7 Å². The van der Waals surface area contributed by atoms with Gasteiger partial charge < -0.3 is 14.6 Å². The van der Waals surface area contributed by atoms with E-state index in [1.807, 2.05) is 24.3 Å². The highest BCUT2D eigenvalue weighted by Gasteiger charge is 2.44. The molecule has 2 aliphatic rings. The molecule has 1 aromatic carbocycles. The van der Waals surface area contributed by atoms with Crippen molar-refractivity contribution < 1.29 is 14.6 Å². The monoisotopic (exact) mass is 276 g/mol. The number of hydrogen-bond donors (Lipinski definition) is 1. The summed E-state index contributed by atoms with van der Waals surface area (Å²) in [6.45, 7) is 0.799. The average molecular weight is 276 g/mol. The second kappa shape index (κ2) is 5.74. The molecule has 1 heterocycles. The van der Waals surface area contributed by atoms with Crippen LogP contribution in [0.2, 0.25) is 0 Å². The zero-order valence-corrected chi connectivity index (χ0v) is 12.2. The molecule has 1 spiro atoms. The molecule has 0 aromatic heterocycles. The molecule has 110 valence electrons. The zero-order valence-electron chi connectivity index (χ0n) is 12.2. The first-order chi connectivity index (χ1) is 9.72. The predicted molar refractivity (Wildman–Crippen MR) is 78.0 cm³/mol. The fourth-order valence-corrected chi connectivity index (χ4v) is 3.58. The molecular weight excluding hydrogens is 252 g/mol. The third-order valence-corrected chi connectivity index (χ3v) is 4.96. The minimum Gasteiger partial charge on any atom is -0.496 e. The number of aliphatic hydroxyl groups is 1. The Balaban J connectivity index is 1.65. The first kappa shape index (κ1) is 13.9. The maximum absolute atomic E-state index is 10.6. The summed E-state index contributed by atoms with van der Waals surface area (Å²) in [6.07, 6.45) is 5.98. The van der Waals surface area contributed by atoms with Gasteiger partial charge in [0.15, 0.2) is 0 Å². The fourth-order valence-electron chi connectivity index (χ4n) is 3.58. The molecule has 20 heavy (non-hydrogen) atoms. The van der Waals surface area contributed by atoms with Gasteiger partial charge in [0.05, 0.1) is 18.8 Å². The van der Waals surface area contributed by atoms with Gasteiger partial charge in [-0.1, -0.05) is 18.2 Å². The molecule has 3 heteroatoms. The van der Waals surface area contributed by atoms with Crippen LogP contribution in [0.5, 0.6) is 5.75 Å². The maximum Gasteiger partial charge on any atom is 0.122 e. The molecule has 2 unspecified atom stereocenters. The summed E-state index contributed by atoms with van der Waals surface area (Å²) in [5.41, 5.74) is 1.20.